The zero-order valence-electron chi connectivity index (χ0n) is 13.1. The van der Waals surface area contributed by atoms with Gasteiger partial charge in [0.15, 0.2) is 0 Å². The second kappa shape index (κ2) is 5.85. The Morgan fingerprint density at radius 1 is 1.38 bits per heavy atom. The number of hydrogen-bond acceptors (Lipinski definition) is 4. The van der Waals surface area contributed by atoms with Crippen molar-refractivity contribution < 1.29 is 9.47 Å². The molecule has 1 fully saturated rings. The van der Waals surface area contributed by atoms with Gasteiger partial charge in [-0.3, -0.25) is 0 Å². The average molecular weight is 290 g/mol. The van der Waals surface area contributed by atoms with Crippen molar-refractivity contribution in [1.29, 1.82) is 0 Å². The van der Waals surface area contributed by atoms with Crippen molar-refractivity contribution in [2.24, 2.45) is 5.73 Å². The number of piperidine rings is 1. The molecule has 0 unspecified atom stereocenters. The highest BCUT2D eigenvalue weighted by atomic mass is 16.5. The van der Waals surface area contributed by atoms with Crippen LogP contribution in [0.25, 0.3) is 0 Å². The maximum absolute atomic E-state index is 6.42. The van der Waals surface area contributed by atoms with Crippen LogP contribution in [0.15, 0.2) is 18.2 Å². The minimum absolute atomic E-state index is 0.0431. The third-order valence-corrected chi connectivity index (χ3v) is 4.84. The molecule has 0 saturated carbocycles. The Morgan fingerprint density at radius 3 is 2.81 bits per heavy atom. The smallest absolute Gasteiger partial charge is 0.125 e. The molecule has 2 N–H and O–H groups in total. The highest BCUT2D eigenvalue weighted by Crippen LogP contribution is 2.44. The maximum atomic E-state index is 6.42. The highest BCUT2D eigenvalue weighted by molar-refractivity contribution is 5.44. The molecule has 1 saturated heterocycles. The van der Waals surface area contributed by atoms with Crippen molar-refractivity contribution in [3.63, 3.8) is 0 Å². The summed E-state index contributed by atoms with van der Waals surface area (Å²) in [5.74, 6) is 1.79. The van der Waals surface area contributed by atoms with Crippen molar-refractivity contribution in [1.82, 2.24) is 4.90 Å². The molecule has 4 heteroatoms. The summed E-state index contributed by atoms with van der Waals surface area (Å²) < 4.78 is 11.7. The molecule has 0 bridgehead atoms. The van der Waals surface area contributed by atoms with Gasteiger partial charge in [0.1, 0.15) is 17.1 Å². The number of rotatable bonds is 3. The Morgan fingerprint density at radius 2 is 2.14 bits per heavy atom. The fourth-order valence-electron chi connectivity index (χ4n) is 3.63. The van der Waals surface area contributed by atoms with E-state index in [9.17, 15) is 0 Å². The van der Waals surface area contributed by atoms with Gasteiger partial charge in [-0.25, -0.2) is 0 Å². The summed E-state index contributed by atoms with van der Waals surface area (Å²) in [6.07, 6.45) is 4.28. The third kappa shape index (κ3) is 2.87. The molecule has 1 atom stereocenters. The lowest BCUT2D eigenvalue weighted by Gasteiger charge is -2.46. The lowest BCUT2D eigenvalue weighted by Crippen LogP contribution is -2.51. The predicted molar refractivity (Wildman–Crippen MR) is 83.9 cm³/mol. The molecule has 1 aromatic carbocycles. The van der Waals surface area contributed by atoms with Crippen LogP contribution in [0.1, 0.15) is 44.2 Å². The molecule has 0 amide bonds. The van der Waals surface area contributed by atoms with E-state index in [1.165, 1.54) is 13.0 Å². The molecule has 0 radical (unpaired) electrons. The van der Waals surface area contributed by atoms with Crippen LogP contribution in [-0.2, 0) is 0 Å². The number of methoxy groups -OCH3 is 1. The van der Waals surface area contributed by atoms with E-state index in [0.717, 1.165) is 49.4 Å². The number of fused-ring (bicyclic) bond motifs is 1. The Balaban J connectivity index is 1.76. The largest absolute Gasteiger partial charge is 0.497 e. The summed E-state index contributed by atoms with van der Waals surface area (Å²) >= 11 is 0. The molecule has 1 spiro atoms. The molecule has 21 heavy (non-hydrogen) atoms. The summed E-state index contributed by atoms with van der Waals surface area (Å²) in [5.41, 5.74) is 7.43. The second-order valence-electron chi connectivity index (χ2n) is 6.34. The number of likely N-dealkylation sites (tertiary alicyclic amines) is 1. The van der Waals surface area contributed by atoms with Crippen molar-refractivity contribution in [3.8, 4) is 11.5 Å². The van der Waals surface area contributed by atoms with Crippen LogP contribution in [0.5, 0.6) is 11.5 Å². The van der Waals surface area contributed by atoms with Gasteiger partial charge in [0.2, 0.25) is 0 Å². The van der Waals surface area contributed by atoms with Gasteiger partial charge in [0, 0.05) is 31.1 Å². The van der Waals surface area contributed by atoms with Crippen molar-refractivity contribution in [3.05, 3.63) is 23.8 Å². The van der Waals surface area contributed by atoms with Crippen molar-refractivity contribution in [2.45, 2.75) is 44.2 Å². The van der Waals surface area contributed by atoms with Crippen molar-refractivity contribution in [2.75, 3.05) is 26.7 Å². The lowest BCUT2D eigenvalue weighted by atomic mass is 9.81. The van der Waals surface area contributed by atoms with Gasteiger partial charge in [-0.15, -0.1) is 0 Å². The van der Waals surface area contributed by atoms with Crippen LogP contribution in [0.2, 0.25) is 0 Å². The van der Waals surface area contributed by atoms with Crippen LogP contribution >= 0.6 is 0 Å². The van der Waals surface area contributed by atoms with E-state index < -0.39 is 0 Å². The molecule has 3 rings (SSSR count). The molecule has 1 aromatic rings. The summed E-state index contributed by atoms with van der Waals surface area (Å²) in [7, 11) is 1.68. The van der Waals surface area contributed by atoms with Gasteiger partial charge < -0.3 is 20.1 Å². The number of ether oxygens (including phenoxy) is 2. The number of benzene rings is 1. The van der Waals surface area contributed by atoms with E-state index in [1.54, 1.807) is 7.11 Å². The quantitative estimate of drug-likeness (QED) is 0.930. The monoisotopic (exact) mass is 290 g/mol. The second-order valence-corrected chi connectivity index (χ2v) is 6.34. The highest BCUT2D eigenvalue weighted by Gasteiger charge is 2.42. The predicted octanol–water partition coefficient (Wildman–Crippen LogP) is 2.72. The first-order chi connectivity index (χ1) is 10.2. The summed E-state index contributed by atoms with van der Waals surface area (Å²) in [5, 5.41) is 0. The van der Waals surface area contributed by atoms with Crippen LogP contribution in [0, 0.1) is 0 Å². The molecule has 0 aliphatic carbocycles. The Kier molecular flexibility index (Phi) is 4.09. The molecule has 0 aromatic heterocycles. The topological polar surface area (TPSA) is 47.7 Å². The standard InChI is InChI=1S/C17H26N2O2/c1-3-8-19-9-6-17(7-10-19)12-15(18)14-11-13(20-2)4-5-16(14)21-17/h4-5,11,15H,3,6-10,12,18H2,1-2H3/t15-/m0/s1. The van der Waals surface area contributed by atoms with Gasteiger partial charge >= 0.3 is 0 Å². The van der Waals surface area contributed by atoms with E-state index in [2.05, 4.69) is 11.8 Å². The zero-order valence-corrected chi connectivity index (χ0v) is 13.1. The Labute approximate surface area is 127 Å². The number of nitrogens with two attached hydrogens (primary N) is 1. The van der Waals surface area contributed by atoms with Crippen LogP contribution < -0.4 is 15.2 Å². The van der Waals surface area contributed by atoms with Gasteiger partial charge in [-0.2, -0.15) is 0 Å². The average Bonchev–Trinajstić information content (AvgIpc) is 2.50. The van der Waals surface area contributed by atoms with E-state index >= 15 is 0 Å². The van der Waals surface area contributed by atoms with E-state index in [-0.39, 0.29) is 11.6 Å². The fourth-order valence-corrected chi connectivity index (χ4v) is 3.63. The maximum Gasteiger partial charge on any atom is 0.125 e. The van der Waals surface area contributed by atoms with Crippen molar-refractivity contribution >= 4 is 0 Å². The van der Waals surface area contributed by atoms with Crippen LogP contribution in [-0.4, -0.2) is 37.2 Å². The summed E-state index contributed by atoms with van der Waals surface area (Å²) in [4.78, 5) is 2.53. The van der Waals surface area contributed by atoms with Gasteiger partial charge in [-0.05, 0) is 44.0 Å². The zero-order chi connectivity index (χ0) is 14.9. The number of hydrogen-bond donors (Lipinski definition) is 1. The first-order valence-electron chi connectivity index (χ1n) is 8.01. The van der Waals surface area contributed by atoms with E-state index in [1.807, 2.05) is 18.2 Å². The van der Waals surface area contributed by atoms with Crippen LogP contribution in [0.4, 0.5) is 0 Å². The third-order valence-electron chi connectivity index (χ3n) is 4.84. The molecule has 2 aliphatic rings. The fraction of sp³-hybridized carbons (Fsp3) is 0.647. The normalized spacial score (nSPS) is 24.4. The molecule has 2 heterocycles. The minimum Gasteiger partial charge on any atom is -0.497 e. The van der Waals surface area contributed by atoms with Gasteiger partial charge in [0.05, 0.1) is 7.11 Å². The first kappa shape index (κ1) is 14.7. The first-order valence-corrected chi connectivity index (χ1v) is 8.01. The Hall–Kier alpha value is -1.26. The SMILES string of the molecule is CCCN1CCC2(CC1)C[C@H](N)c1cc(OC)ccc1O2. The number of nitrogens with zero attached hydrogens (tertiary/aromatic N) is 1. The van der Waals surface area contributed by atoms with E-state index in [4.69, 9.17) is 15.2 Å². The van der Waals surface area contributed by atoms with Gasteiger partial charge in [-0.1, -0.05) is 6.92 Å². The van der Waals surface area contributed by atoms with E-state index in [0.29, 0.717) is 0 Å². The summed E-state index contributed by atoms with van der Waals surface area (Å²) in [6.45, 7) is 5.66. The molecule has 2 aliphatic heterocycles. The molecule has 116 valence electrons. The molecule has 4 nitrogen and oxygen atoms in total. The van der Waals surface area contributed by atoms with Gasteiger partial charge in [0.25, 0.3) is 0 Å². The Bertz CT molecular complexity index is 496. The minimum atomic E-state index is -0.0642. The lowest BCUT2D eigenvalue weighted by molar-refractivity contribution is -0.0216. The molecular formula is C17H26N2O2. The summed E-state index contributed by atoms with van der Waals surface area (Å²) in [6, 6.07) is 6.02. The van der Waals surface area contributed by atoms with Crippen LogP contribution in [0.3, 0.4) is 0 Å². The molecular weight excluding hydrogens is 264 g/mol.